The van der Waals surface area contributed by atoms with Crippen LogP contribution in [0.4, 0.5) is 4.79 Å². The van der Waals surface area contributed by atoms with Gasteiger partial charge in [-0.1, -0.05) is 142 Å². The molecular formula is C92H131N13O30S8. The van der Waals surface area contributed by atoms with Crippen molar-refractivity contribution in [2.75, 3.05) is 87.6 Å². The van der Waals surface area contributed by atoms with E-state index in [0.29, 0.717) is 6.42 Å². The van der Waals surface area contributed by atoms with Gasteiger partial charge in [0.05, 0.1) is 59.2 Å². The Morgan fingerprint density at radius 2 is 0.490 bits per heavy atom. The molecule has 0 saturated heterocycles. The van der Waals surface area contributed by atoms with Crippen LogP contribution in [0.15, 0.2) is 48.5 Å². The van der Waals surface area contributed by atoms with Gasteiger partial charge in [-0.15, -0.1) is 0 Å². The van der Waals surface area contributed by atoms with Crippen LogP contribution >= 0.6 is 86.4 Å². The fourth-order valence-corrected chi connectivity index (χ4v) is 23.9. The van der Waals surface area contributed by atoms with Crippen molar-refractivity contribution in [3.05, 3.63) is 59.7 Å². The van der Waals surface area contributed by atoms with Gasteiger partial charge in [0.2, 0.25) is 70.9 Å². The number of hydrogen-bond acceptors (Lipinski definition) is 38. The van der Waals surface area contributed by atoms with Crippen molar-refractivity contribution in [3.63, 3.8) is 0 Å². The second-order valence-corrected chi connectivity index (χ2v) is 43.6. The molecule has 1 aliphatic carbocycles. The monoisotopic (exact) mass is 2150 g/mol. The highest BCUT2D eigenvalue weighted by atomic mass is 33.1. The van der Waals surface area contributed by atoms with Crippen molar-refractivity contribution in [2.45, 2.75) is 239 Å². The lowest BCUT2D eigenvalue weighted by Crippen LogP contribution is -2.55. The Morgan fingerprint density at radius 3 is 0.720 bits per heavy atom. The molecule has 51 heteroatoms. The van der Waals surface area contributed by atoms with Crippen molar-refractivity contribution in [1.29, 1.82) is 0 Å². The zero-order chi connectivity index (χ0) is 107. The number of ketones is 8. The summed E-state index contributed by atoms with van der Waals surface area (Å²) in [6.07, 6.45) is -3.54. The molecule has 0 spiro atoms. The van der Waals surface area contributed by atoms with E-state index < -0.39 is 258 Å². The number of methoxy groups -OCH3 is 4. The number of amides is 13. The van der Waals surface area contributed by atoms with Gasteiger partial charge in [-0.3, -0.25) is 95.9 Å². The lowest BCUT2D eigenvalue weighted by molar-refractivity contribution is -0.146. The molecular weight excluding hydrogens is 2020 g/mol. The normalized spacial score (nSPS) is 14.7. The first-order valence-electron chi connectivity index (χ1n) is 45.4. The summed E-state index contributed by atoms with van der Waals surface area (Å²) in [5.74, 6) is -21.8. The van der Waals surface area contributed by atoms with Crippen LogP contribution < -0.4 is 69.1 Å². The zero-order valence-electron chi connectivity index (χ0n) is 82.8. The Morgan fingerprint density at radius 1 is 0.273 bits per heavy atom. The van der Waals surface area contributed by atoms with Crippen molar-refractivity contribution < 1.29 is 144 Å². The minimum absolute atomic E-state index is 0.0337. The maximum atomic E-state index is 14.2. The van der Waals surface area contributed by atoms with Gasteiger partial charge < -0.3 is 92.8 Å². The van der Waals surface area contributed by atoms with Crippen LogP contribution in [0, 0.1) is 23.7 Å². The van der Waals surface area contributed by atoms with Crippen LogP contribution in [-0.2, 0) is 139 Å². The lowest BCUT2D eigenvalue weighted by Gasteiger charge is -2.24. The predicted molar refractivity (Wildman–Crippen MR) is 543 cm³/mol. The maximum Gasteiger partial charge on any atom is 0.407 e. The van der Waals surface area contributed by atoms with E-state index in [1.165, 1.54) is 34.6 Å². The smallest absolute Gasteiger partial charge is 0.407 e. The van der Waals surface area contributed by atoms with E-state index in [4.69, 9.17) is 23.7 Å². The molecule has 13 N–H and O–H groups in total. The van der Waals surface area contributed by atoms with Crippen molar-refractivity contribution in [2.24, 2.45) is 23.7 Å². The predicted octanol–water partition coefficient (Wildman–Crippen LogP) is 3.13. The van der Waals surface area contributed by atoms with Crippen LogP contribution in [0.1, 0.15) is 178 Å². The fraction of sp³-hybridized carbons (Fsp3) is 0.598. The number of ether oxygens (including phenoxy) is 5. The van der Waals surface area contributed by atoms with E-state index in [9.17, 15) is 120 Å². The zero-order valence-corrected chi connectivity index (χ0v) is 89.3. The van der Waals surface area contributed by atoms with Crippen LogP contribution in [0.2, 0.25) is 0 Å². The molecule has 13 amide bonds. The highest BCUT2D eigenvalue weighted by Gasteiger charge is 2.39. The van der Waals surface area contributed by atoms with Crippen LogP contribution in [0.5, 0.6) is 0 Å². The summed E-state index contributed by atoms with van der Waals surface area (Å²) in [5, 5.41) is 32.8. The molecule has 2 aromatic carbocycles. The van der Waals surface area contributed by atoms with Crippen molar-refractivity contribution in [1.82, 2.24) is 69.1 Å². The Labute approximate surface area is 861 Å². The topological polar surface area (TPSA) is 629 Å². The molecule has 1 aliphatic rings. The van der Waals surface area contributed by atoms with Gasteiger partial charge in [0.15, 0.2) is 23.1 Å². The molecule has 792 valence electrons. The van der Waals surface area contributed by atoms with Crippen LogP contribution in [0.3, 0.4) is 0 Å². The molecule has 0 bridgehead atoms. The first-order chi connectivity index (χ1) is 67.5. The summed E-state index contributed by atoms with van der Waals surface area (Å²) in [6, 6.07) is -0.517. The molecule has 43 nitrogen and oxygen atoms in total. The average Bonchev–Trinajstić information content (AvgIpc) is 1.61. The number of carbonyl (C=O) groups is 25. The Balaban J connectivity index is 1.65. The maximum absolute atomic E-state index is 14.2. The SMILES string of the molecule is CC[C@H](CC(=O)[C@H](CSSC[C@H](NC(C)=O)C(=O)N[C@@H](CC[C@H](CC(=O)[C@H](CSSC[C@H](NC(C)=O)C(=O)N[C@@H](CC[C@H](CC(=O)[C@H](CSSC[C@H](NC(C)=O)C(=O)N[C@@H](CC[C@H](CC(=O)[C@H](CSSC[C@H](NC(C)=O)C(=O)N[C@@H](CNC(=O)OCC1c2ccccc2-c2ccccc21)C(=O)OC)NC(C)=O)C(C)=O)C(=O)OC)NC(C)=O)C(C)=O)C(=O)OC)NC(C)=O)C(C)=O)C(=O)OC)NC(C)=O)C(C)=O. The third-order valence-electron chi connectivity index (χ3n) is 22.0. The third-order valence-corrected chi connectivity index (χ3v) is 31.7. The molecule has 0 unspecified atom stereocenters. The van der Waals surface area contributed by atoms with E-state index in [2.05, 4.69) is 69.1 Å². The van der Waals surface area contributed by atoms with E-state index in [1.807, 2.05) is 48.5 Å². The Hall–Kier alpha value is -10.6. The molecule has 0 aromatic heterocycles. The van der Waals surface area contributed by atoms with Gasteiger partial charge in [-0.05, 0) is 94.9 Å². The highest BCUT2D eigenvalue weighted by molar-refractivity contribution is 8.77. The van der Waals surface area contributed by atoms with E-state index in [0.717, 1.165) is 186 Å². The van der Waals surface area contributed by atoms with Crippen LogP contribution in [0.25, 0.3) is 11.1 Å². The molecule has 0 saturated carbocycles. The van der Waals surface area contributed by atoms with Gasteiger partial charge in [0.25, 0.3) is 0 Å². The second kappa shape index (κ2) is 67.2. The second-order valence-electron chi connectivity index (χ2n) is 33.4. The number of fused-ring (bicyclic) bond motifs is 3. The van der Waals surface area contributed by atoms with E-state index in [-0.39, 0.29) is 115 Å². The number of esters is 4. The number of carbonyl (C=O) groups excluding carboxylic acids is 25. The fourth-order valence-electron chi connectivity index (χ4n) is 14.5. The number of benzene rings is 2. The molecule has 143 heavy (non-hydrogen) atoms. The summed E-state index contributed by atoms with van der Waals surface area (Å²) < 4.78 is 25.4. The van der Waals surface area contributed by atoms with Gasteiger partial charge in [0, 0.05) is 157 Å². The lowest BCUT2D eigenvalue weighted by atomic mass is 9.90. The van der Waals surface area contributed by atoms with E-state index >= 15 is 0 Å². The molecule has 0 aliphatic heterocycles. The first-order valence-corrected chi connectivity index (χ1v) is 55.3. The Kier molecular flexibility index (Phi) is 59.4. The van der Waals surface area contributed by atoms with Gasteiger partial charge in [-0.25, -0.2) is 24.0 Å². The molecule has 0 heterocycles. The highest BCUT2D eigenvalue weighted by Crippen LogP contribution is 2.45. The minimum atomic E-state index is -1.49. The van der Waals surface area contributed by atoms with Crippen LogP contribution in [-0.4, -0.2) is 307 Å². The molecule has 2 aromatic rings. The quantitative estimate of drug-likeness (QED) is 0.0196. The average molecular weight is 2160 g/mol. The minimum Gasteiger partial charge on any atom is -0.467 e. The summed E-state index contributed by atoms with van der Waals surface area (Å²) in [7, 11) is 12.2. The number of nitrogens with one attached hydrogen (secondary N) is 13. The molecule has 3 rings (SSSR count). The van der Waals surface area contributed by atoms with Crippen molar-refractivity contribution in [3.8, 4) is 11.1 Å². The summed E-state index contributed by atoms with van der Waals surface area (Å²) in [6.45, 7) is 15.3. The summed E-state index contributed by atoms with van der Waals surface area (Å²) in [5.41, 5.74) is 3.94. The van der Waals surface area contributed by atoms with Gasteiger partial charge in [-0.2, -0.15) is 0 Å². The standard InChI is InChI=1S/C92H131N13O30S8/c1-18-59(47(2)106)33-80(118)72(94-51(6)110)39-136-140-43-76(98-55(10)114)84(122)102-68(88(126)131-14)30-27-60(48(3)107)34-81(119)73(95-52(7)111)40-137-141-44-77(99-56(11)115)85(123)103-69(89(127)132-15)31-28-61(49(4)108)35-82(120)74(96-53(8)112)41-138-142-45-78(100-57(12)116)86(124)104-70(90(128)133-16)32-29-62(50(5)109)36-83(121)75(97-54(9)113)42-139-143-46-79(101-58(13)117)87(125)105-71(91(129)134-17)37-93-92(130)135-38-67-65-25-21-19-23-63(65)64-24-20-22-26-66(64)67/h19-26,59-62,67-79H,18,27-46H2,1-17H3,(H,93,130)(H,94,110)(H,95,111)(H,96,112)(H,97,113)(H,98,114)(H,99,115)(H,100,116)(H,101,117)(H,102,122)(H,103,123)(H,104,124)(H,105,125)/t59-,60-,61-,62-,68+,69+,70+,71+,72+,73+,74+,75+,76+,77+,78+,79+/m1/s1. The molecule has 0 radical (unpaired) electrons. The summed E-state index contributed by atoms with van der Waals surface area (Å²) in [4.78, 5) is 328. The number of rotatable bonds is 70. The van der Waals surface area contributed by atoms with E-state index in [1.54, 1.807) is 6.92 Å². The third kappa shape index (κ3) is 47.9. The summed E-state index contributed by atoms with van der Waals surface area (Å²) >= 11 is 0. The number of alkyl carbamates (subject to hydrolysis) is 1. The van der Waals surface area contributed by atoms with Crippen molar-refractivity contribution >= 4 is 233 Å². The molecule has 16 atom stereocenters. The number of hydrogen-bond donors (Lipinski definition) is 13. The van der Waals surface area contributed by atoms with Gasteiger partial charge >= 0.3 is 30.0 Å². The molecule has 0 fully saturated rings. The van der Waals surface area contributed by atoms with Gasteiger partial charge in [0.1, 0.15) is 78.1 Å². The largest absolute Gasteiger partial charge is 0.467 e. The Bertz CT molecular complexity index is 4800. The first kappa shape index (κ1) is 127. The number of Topliss-reactive ketones (excluding diaryl/α,β-unsaturated/α-hetero) is 8.